The van der Waals surface area contributed by atoms with E-state index in [0.717, 1.165) is 12.8 Å². The standard InChI is InChI=1S/C26H30N6O5/c1-2-28-24(35)21-19(33)20(34)25(37-21)32-14-29-18-22(27)30-17(31-23(18)32)10-13-26(36)11-8-16(9-12-26)15-6-4-3-5-7-15/h3-7,14,16,19-21,25,33-34,36H,2,8-9,11-12H2,1H3,(H,28,35)(H2,27,30,31). The zero-order valence-corrected chi connectivity index (χ0v) is 20.4. The van der Waals surface area contributed by atoms with E-state index in [1.54, 1.807) is 6.92 Å². The molecule has 6 N–H and O–H groups in total. The van der Waals surface area contributed by atoms with Gasteiger partial charge < -0.3 is 31.1 Å². The molecule has 194 valence electrons. The Morgan fingerprint density at radius 2 is 1.95 bits per heavy atom. The molecule has 2 aromatic heterocycles. The summed E-state index contributed by atoms with van der Waals surface area (Å²) in [6.45, 7) is 2.09. The van der Waals surface area contributed by atoms with Crippen molar-refractivity contribution < 1.29 is 24.9 Å². The van der Waals surface area contributed by atoms with Crippen LogP contribution < -0.4 is 11.1 Å². The summed E-state index contributed by atoms with van der Waals surface area (Å²) in [5, 5.41) is 34.6. The van der Waals surface area contributed by atoms with Crippen LogP contribution in [0.25, 0.3) is 11.2 Å². The fourth-order valence-electron chi connectivity index (χ4n) is 5.01. The molecule has 0 spiro atoms. The van der Waals surface area contributed by atoms with Crippen molar-refractivity contribution in [3.8, 4) is 11.8 Å². The number of anilines is 1. The Hall–Kier alpha value is -3.56. The van der Waals surface area contributed by atoms with Crippen molar-refractivity contribution in [2.24, 2.45) is 0 Å². The molecule has 37 heavy (non-hydrogen) atoms. The largest absolute Gasteiger partial charge is 0.387 e. The van der Waals surface area contributed by atoms with Crippen molar-refractivity contribution in [3.63, 3.8) is 0 Å². The van der Waals surface area contributed by atoms with Crippen LogP contribution in [0.4, 0.5) is 5.82 Å². The molecule has 11 heteroatoms. The highest BCUT2D eigenvalue weighted by Gasteiger charge is 2.47. The predicted octanol–water partition coefficient (Wildman–Crippen LogP) is 0.604. The van der Waals surface area contributed by atoms with Gasteiger partial charge in [-0.3, -0.25) is 9.36 Å². The van der Waals surface area contributed by atoms with Crippen LogP contribution in [0.2, 0.25) is 0 Å². The van der Waals surface area contributed by atoms with E-state index in [1.807, 2.05) is 18.2 Å². The number of aliphatic hydroxyl groups excluding tert-OH is 2. The van der Waals surface area contributed by atoms with E-state index < -0.39 is 36.0 Å². The van der Waals surface area contributed by atoms with E-state index in [1.165, 1.54) is 16.5 Å². The number of nitrogen functional groups attached to an aromatic ring is 1. The Kier molecular flexibility index (Phi) is 6.83. The molecule has 3 heterocycles. The van der Waals surface area contributed by atoms with E-state index in [4.69, 9.17) is 10.5 Å². The zero-order chi connectivity index (χ0) is 26.2. The average molecular weight is 507 g/mol. The quantitative estimate of drug-likeness (QED) is 0.318. The Labute approximate surface area is 213 Å². The summed E-state index contributed by atoms with van der Waals surface area (Å²) in [5.41, 5.74) is 6.69. The molecule has 0 radical (unpaired) electrons. The number of amides is 1. The van der Waals surface area contributed by atoms with E-state index in [9.17, 15) is 20.1 Å². The van der Waals surface area contributed by atoms with Crippen LogP contribution in [0, 0.1) is 11.8 Å². The van der Waals surface area contributed by atoms with Gasteiger partial charge in [-0.2, -0.15) is 0 Å². The first-order valence-electron chi connectivity index (χ1n) is 12.4. The van der Waals surface area contributed by atoms with Crippen molar-refractivity contribution in [1.29, 1.82) is 0 Å². The number of carbonyl (C=O) groups is 1. The molecular weight excluding hydrogens is 476 g/mol. The van der Waals surface area contributed by atoms with Crippen molar-refractivity contribution in [1.82, 2.24) is 24.8 Å². The molecule has 2 aliphatic rings. The number of fused-ring (bicyclic) bond motifs is 1. The zero-order valence-electron chi connectivity index (χ0n) is 20.4. The first kappa shape index (κ1) is 25.1. The second kappa shape index (κ2) is 10.1. The molecule has 1 saturated carbocycles. The summed E-state index contributed by atoms with van der Waals surface area (Å²) >= 11 is 0. The van der Waals surface area contributed by atoms with Gasteiger partial charge >= 0.3 is 0 Å². The van der Waals surface area contributed by atoms with E-state index in [0.29, 0.717) is 25.3 Å². The number of nitrogens with two attached hydrogens (primary N) is 1. The lowest BCUT2D eigenvalue weighted by Gasteiger charge is -2.32. The third kappa shape index (κ3) is 4.89. The van der Waals surface area contributed by atoms with E-state index in [-0.39, 0.29) is 22.8 Å². The van der Waals surface area contributed by atoms with Crippen LogP contribution in [0.1, 0.15) is 56.1 Å². The molecule has 0 bridgehead atoms. The number of hydrogen-bond acceptors (Lipinski definition) is 9. The maximum absolute atomic E-state index is 12.2. The van der Waals surface area contributed by atoms with Crippen molar-refractivity contribution in [2.45, 2.75) is 68.7 Å². The first-order valence-corrected chi connectivity index (χ1v) is 12.4. The molecule has 11 nitrogen and oxygen atoms in total. The number of carbonyl (C=O) groups excluding carboxylic acids is 1. The van der Waals surface area contributed by atoms with Gasteiger partial charge in [0.2, 0.25) is 5.82 Å². The number of benzene rings is 1. The normalized spacial score (nSPS) is 29.6. The van der Waals surface area contributed by atoms with Gasteiger partial charge in [0, 0.05) is 6.54 Å². The number of nitrogens with one attached hydrogen (secondary N) is 1. The highest BCUT2D eigenvalue weighted by molar-refractivity contribution is 5.83. The summed E-state index contributed by atoms with van der Waals surface area (Å²) in [5.74, 6) is 5.80. The third-order valence-electron chi connectivity index (χ3n) is 7.06. The number of likely N-dealkylation sites (N-methyl/N-ethyl adjacent to an activating group) is 1. The van der Waals surface area contributed by atoms with Gasteiger partial charge in [-0.1, -0.05) is 36.3 Å². The maximum atomic E-state index is 12.2. The van der Waals surface area contributed by atoms with E-state index in [2.05, 4.69) is 44.2 Å². The first-order chi connectivity index (χ1) is 17.8. The van der Waals surface area contributed by atoms with Crippen molar-refractivity contribution >= 4 is 22.9 Å². The van der Waals surface area contributed by atoms with Crippen molar-refractivity contribution in [2.75, 3.05) is 12.3 Å². The molecule has 5 rings (SSSR count). The van der Waals surface area contributed by atoms with Gasteiger partial charge in [0.05, 0.1) is 6.33 Å². The fraction of sp³-hybridized carbons (Fsp3) is 0.462. The van der Waals surface area contributed by atoms with Crippen molar-refractivity contribution in [3.05, 3.63) is 48.0 Å². The minimum atomic E-state index is -1.44. The number of hydrogen-bond donors (Lipinski definition) is 5. The lowest BCUT2D eigenvalue weighted by atomic mass is 9.76. The number of aliphatic hydroxyl groups is 3. The summed E-state index contributed by atoms with van der Waals surface area (Å²) in [7, 11) is 0. The second-order valence-electron chi connectivity index (χ2n) is 9.55. The molecule has 1 aliphatic carbocycles. The lowest BCUT2D eigenvalue weighted by Crippen LogP contribution is -2.42. The summed E-state index contributed by atoms with van der Waals surface area (Å²) < 4.78 is 7.08. The van der Waals surface area contributed by atoms with Crippen LogP contribution in [0.3, 0.4) is 0 Å². The van der Waals surface area contributed by atoms with Crippen LogP contribution in [-0.4, -0.2) is 71.2 Å². The Bertz CT molecular complexity index is 1340. The number of rotatable bonds is 4. The molecule has 4 unspecified atom stereocenters. The average Bonchev–Trinajstić information content (AvgIpc) is 3.45. The molecule has 1 aliphatic heterocycles. The minimum absolute atomic E-state index is 0.0705. The van der Waals surface area contributed by atoms with Crippen LogP contribution in [0.5, 0.6) is 0 Å². The fourth-order valence-corrected chi connectivity index (χ4v) is 5.01. The van der Waals surface area contributed by atoms with Gasteiger partial charge in [0.1, 0.15) is 23.3 Å². The number of aromatic nitrogens is 4. The van der Waals surface area contributed by atoms with Crippen LogP contribution in [-0.2, 0) is 9.53 Å². The van der Waals surface area contributed by atoms with Gasteiger partial charge in [-0.15, -0.1) is 0 Å². The topological polar surface area (TPSA) is 169 Å². The molecular formula is C26H30N6O5. The highest BCUT2D eigenvalue weighted by atomic mass is 16.6. The molecule has 2 fully saturated rings. The summed E-state index contributed by atoms with van der Waals surface area (Å²) in [6.07, 6.45) is -1.19. The van der Waals surface area contributed by atoms with Crippen LogP contribution in [0.15, 0.2) is 36.7 Å². The van der Waals surface area contributed by atoms with Gasteiger partial charge in [0.25, 0.3) is 5.91 Å². The second-order valence-corrected chi connectivity index (χ2v) is 9.55. The predicted molar refractivity (Wildman–Crippen MR) is 134 cm³/mol. The highest BCUT2D eigenvalue weighted by Crippen LogP contribution is 2.38. The Morgan fingerprint density at radius 1 is 1.22 bits per heavy atom. The van der Waals surface area contributed by atoms with Gasteiger partial charge in [-0.25, -0.2) is 15.0 Å². The number of nitrogens with zero attached hydrogens (tertiary/aromatic N) is 4. The number of imidazole rings is 1. The molecule has 4 atom stereocenters. The molecule has 3 aromatic rings. The molecule has 1 saturated heterocycles. The number of ether oxygens (including phenoxy) is 1. The smallest absolute Gasteiger partial charge is 0.252 e. The Balaban J connectivity index is 1.37. The lowest BCUT2D eigenvalue weighted by molar-refractivity contribution is -0.137. The van der Waals surface area contributed by atoms with E-state index >= 15 is 0 Å². The molecule has 1 amide bonds. The summed E-state index contributed by atoms with van der Waals surface area (Å²) in [6, 6.07) is 10.3. The maximum Gasteiger partial charge on any atom is 0.252 e. The van der Waals surface area contributed by atoms with Gasteiger partial charge in [-0.05, 0) is 50.0 Å². The summed E-state index contributed by atoms with van der Waals surface area (Å²) in [4.78, 5) is 25.1. The third-order valence-corrected chi connectivity index (χ3v) is 7.06. The van der Waals surface area contributed by atoms with Crippen LogP contribution >= 0.6 is 0 Å². The van der Waals surface area contributed by atoms with Gasteiger partial charge in [0.15, 0.2) is 23.8 Å². The Morgan fingerprint density at radius 3 is 2.65 bits per heavy atom. The minimum Gasteiger partial charge on any atom is -0.387 e. The monoisotopic (exact) mass is 506 g/mol. The SMILES string of the molecule is CCNC(=O)C1OC(n2cnc3c(N)nc(C#CC4(O)CCC(c5ccccc5)CC4)nc32)C(O)C1O. The molecule has 1 aromatic carbocycles.